The highest BCUT2D eigenvalue weighted by Crippen LogP contribution is 2.24. The van der Waals surface area contributed by atoms with Crippen LogP contribution in [0.3, 0.4) is 0 Å². The van der Waals surface area contributed by atoms with Crippen molar-refractivity contribution < 1.29 is 19.4 Å². The second kappa shape index (κ2) is 6.38. The van der Waals surface area contributed by atoms with Crippen LogP contribution in [0.25, 0.3) is 6.08 Å². The monoisotopic (exact) mass is 262 g/mol. The molecule has 0 bridgehead atoms. The molecule has 0 aliphatic carbocycles. The van der Waals surface area contributed by atoms with Gasteiger partial charge in [-0.05, 0) is 48.6 Å². The SMILES string of the molecule is COc1ccc(/C=C/C(=O)O)cc1CCCC1CO1. The van der Waals surface area contributed by atoms with E-state index in [1.807, 2.05) is 18.2 Å². The predicted octanol–water partition coefficient (Wildman–Crippen LogP) is 2.51. The molecule has 1 atom stereocenters. The molecule has 0 aromatic heterocycles. The van der Waals surface area contributed by atoms with Crippen LogP contribution in [0.15, 0.2) is 24.3 Å². The van der Waals surface area contributed by atoms with Gasteiger partial charge in [0, 0.05) is 6.08 Å². The number of methoxy groups -OCH3 is 1. The van der Waals surface area contributed by atoms with Crippen molar-refractivity contribution in [2.75, 3.05) is 13.7 Å². The normalized spacial score (nSPS) is 17.6. The highest BCUT2D eigenvalue weighted by Gasteiger charge is 2.21. The third-order valence-electron chi connectivity index (χ3n) is 3.10. The largest absolute Gasteiger partial charge is 0.496 e. The third-order valence-corrected chi connectivity index (χ3v) is 3.10. The van der Waals surface area contributed by atoms with E-state index in [1.54, 1.807) is 13.2 Å². The van der Waals surface area contributed by atoms with E-state index in [-0.39, 0.29) is 0 Å². The topological polar surface area (TPSA) is 59.1 Å². The van der Waals surface area contributed by atoms with Crippen molar-refractivity contribution in [3.05, 3.63) is 35.4 Å². The molecule has 2 rings (SSSR count). The van der Waals surface area contributed by atoms with Gasteiger partial charge in [-0.25, -0.2) is 4.79 Å². The molecule has 1 N–H and O–H groups in total. The van der Waals surface area contributed by atoms with Crippen LogP contribution in [0.1, 0.15) is 24.0 Å². The van der Waals surface area contributed by atoms with E-state index < -0.39 is 5.97 Å². The summed E-state index contributed by atoms with van der Waals surface area (Å²) < 4.78 is 10.5. The molecule has 1 heterocycles. The van der Waals surface area contributed by atoms with Crippen molar-refractivity contribution in [3.8, 4) is 5.75 Å². The quantitative estimate of drug-likeness (QED) is 0.606. The first-order valence-electron chi connectivity index (χ1n) is 6.38. The van der Waals surface area contributed by atoms with Crippen molar-refractivity contribution >= 4 is 12.0 Å². The number of aliphatic carboxylic acids is 1. The molecule has 0 spiro atoms. The summed E-state index contributed by atoms with van der Waals surface area (Å²) in [6.07, 6.45) is 6.21. The number of carboxylic acids is 1. The molecule has 4 heteroatoms. The lowest BCUT2D eigenvalue weighted by Gasteiger charge is -2.09. The standard InChI is InChI=1S/C15H18O4/c1-18-14-7-5-11(6-8-15(16)17)9-12(14)3-2-4-13-10-19-13/h5-9,13H,2-4,10H2,1H3,(H,16,17)/b8-6+. The maximum absolute atomic E-state index is 10.5. The van der Waals surface area contributed by atoms with E-state index in [2.05, 4.69) is 0 Å². The van der Waals surface area contributed by atoms with Gasteiger partial charge in [0.15, 0.2) is 0 Å². The maximum atomic E-state index is 10.5. The Hall–Kier alpha value is -1.81. The Bertz CT molecular complexity index is 475. The van der Waals surface area contributed by atoms with Gasteiger partial charge < -0.3 is 14.6 Å². The lowest BCUT2D eigenvalue weighted by Crippen LogP contribution is -1.95. The maximum Gasteiger partial charge on any atom is 0.328 e. The average molecular weight is 262 g/mol. The van der Waals surface area contributed by atoms with Gasteiger partial charge in [-0.1, -0.05) is 6.07 Å². The summed E-state index contributed by atoms with van der Waals surface area (Å²) in [5.41, 5.74) is 1.98. The van der Waals surface area contributed by atoms with Crippen molar-refractivity contribution in [3.63, 3.8) is 0 Å². The summed E-state index contributed by atoms with van der Waals surface area (Å²) in [7, 11) is 1.65. The Morgan fingerprint density at radius 3 is 3.00 bits per heavy atom. The number of epoxide rings is 1. The van der Waals surface area contributed by atoms with Gasteiger partial charge in [-0.2, -0.15) is 0 Å². The molecule has 0 radical (unpaired) electrons. The summed E-state index contributed by atoms with van der Waals surface area (Å²) in [4.78, 5) is 10.5. The minimum absolute atomic E-state index is 0.445. The van der Waals surface area contributed by atoms with Crippen molar-refractivity contribution in [2.24, 2.45) is 0 Å². The molecule has 1 unspecified atom stereocenters. The molecule has 1 fully saturated rings. The number of hydrogen-bond donors (Lipinski definition) is 1. The molecule has 19 heavy (non-hydrogen) atoms. The molecule has 1 saturated heterocycles. The highest BCUT2D eigenvalue weighted by atomic mass is 16.6. The van der Waals surface area contributed by atoms with Crippen LogP contribution in [0.2, 0.25) is 0 Å². The van der Waals surface area contributed by atoms with Gasteiger partial charge in [0.25, 0.3) is 0 Å². The van der Waals surface area contributed by atoms with Crippen molar-refractivity contribution in [2.45, 2.75) is 25.4 Å². The zero-order chi connectivity index (χ0) is 13.7. The first-order valence-corrected chi connectivity index (χ1v) is 6.38. The summed E-state index contributed by atoms with van der Waals surface area (Å²) >= 11 is 0. The summed E-state index contributed by atoms with van der Waals surface area (Å²) in [5, 5.41) is 8.63. The van der Waals surface area contributed by atoms with Crippen LogP contribution in [0, 0.1) is 0 Å². The second-order valence-corrected chi connectivity index (χ2v) is 4.59. The lowest BCUT2D eigenvalue weighted by molar-refractivity contribution is -0.131. The Morgan fingerprint density at radius 1 is 1.58 bits per heavy atom. The number of ether oxygens (including phenoxy) is 2. The van der Waals surface area contributed by atoms with E-state index in [0.29, 0.717) is 6.10 Å². The van der Waals surface area contributed by atoms with E-state index >= 15 is 0 Å². The first kappa shape index (κ1) is 13.6. The summed E-state index contributed by atoms with van der Waals surface area (Å²) in [6.45, 7) is 0.887. The average Bonchev–Trinajstić information content (AvgIpc) is 3.20. The van der Waals surface area contributed by atoms with Gasteiger partial charge in [0.1, 0.15) is 5.75 Å². The van der Waals surface area contributed by atoms with Crippen molar-refractivity contribution in [1.29, 1.82) is 0 Å². The molecule has 1 aliphatic heterocycles. The first-order chi connectivity index (χ1) is 9.19. The lowest BCUT2D eigenvalue weighted by atomic mass is 10.0. The van der Waals surface area contributed by atoms with E-state index in [4.69, 9.17) is 14.6 Å². The molecule has 1 aromatic carbocycles. The van der Waals surface area contributed by atoms with Gasteiger partial charge in [-0.3, -0.25) is 0 Å². The number of benzene rings is 1. The molecule has 1 aromatic rings. The number of carboxylic acid groups (broad SMARTS) is 1. The van der Waals surface area contributed by atoms with Crippen LogP contribution in [0.5, 0.6) is 5.75 Å². The van der Waals surface area contributed by atoms with E-state index in [0.717, 1.165) is 48.8 Å². The minimum Gasteiger partial charge on any atom is -0.496 e. The van der Waals surface area contributed by atoms with Gasteiger partial charge >= 0.3 is 5.97 Å². The molecule has 0 amide bonds. The fraction of sp³-hybridized carbons (Fsp3) is 0.400. The Balaban J connectivity index is 2.03. The molecule has 1 aliphatic rings. The minimum atomic E-state index is -0.941. The van der Waals surface area contributed by atoms with Crippen LogP contribution in [0.4, 0.5) is 0 Å². The van der Waals surface area contributed by atoms with Gasteiger partial charge in [-0.15, -0.1) is 0 Å². The molecule has 0 saturated carbocycles. The van der Waals surface area contributed by atoms with Gasteiger partial charge in [0.05, 0.1) is 19.8 Å². The van der Waals surface area contributed by atoms with E-state index in [9.17, 15) is 4.79 Å². The van der Waals surface area contributed by atoms with Crippen LogP contribution >= 0.6 is 0 Å². The fourth-order valence-electron chi connectivity index (χ4n) is 2.02. The number of carbonyl (C=O) groups is 1. The molecular weight excluding hydrogens is 244 g/mol. The van der Waals surface area contributed by atoms with Crippen LogP contribution in [-0.4, -0.2) is 30.9 Å². The molecular formula is C15H18O4. The Kier molecular flexibility index (Phi) is 4.58. The number of aryl methyl sites for hydroxylation is 1. The number of rotatable bonds is 7. The Labute approximate surface area is 112 Å². The zero-order valence-electron chi connectivity index (χ0n) is 11.0. The van der Waals surface area contributed by atoms with Crippen LogP contribution in [-0.2, 0) is 16.0 Å². The van der Waals surface area contributed by atoms with Crippen LogP contribution < -0.4 is 4.74 Å². The summed E-state index contributed by atoms with van der Waals surface area (Å²) in [6, 6.07) is 5.71. The predicted molar refractivity (Wildman–Crippen MR) is 72.3 cm³/mol. The third kappa shape index (κ3) is 4.41. The van der Waals surface area contributed by atoms with E-state index in [1.165, 1.54) is 0 Å². The van der Waals surface area contributed by atoms with Crippen molar-refractivity contribution in [1.82, 2.24) is 0 Å². The smallest absolute Gasteiger partial charge is 0.328 e. The number of hydrogen-bond acceptors (Lipinski definition) is 3. The Morgan fingerprint density at radius 2 is 2.37 bits per heavy atom. The molecule has 4 nitrogen and oxygen atoms in total. The zero-order valence-corrected chi connectivity index (χ0v) is 11.0. The summed E-state index contributed by atoms with van der Waals surface area (Å²) in [5.74, 6) is -0.0903. The second-order valence-electron chi connectivity index (χ2n) is 4.59. The molecule has 102 valence electrons. The fourth-order valence-corrected chi connectivity index (χ4v) is 2.02. The van der Waals surface area contributed by atoms with Gasteiger partial charge in [0.2, 0.25) is 0 Å². The highest BCUT2D eigenvalue weighted by molar-refractivity contribution is 5.85.